The highest BCUT2D eigenvalue weighted by atomic mass is 16.2. The Morgan fingerprint density at radius 3 is 2.12 bits per heavy atom. The average Bonchev–Trinajstić information content (AvgIpc) is 2.84. The Balaban J connectivity index is 1.51. The van der Waals surface area contributed by atoms with E-state index in [1.54, 1.807) is 55.5 Å². The van der Waals surface area contributed by atoms with Crippen molar-refractivity contribution in [3.63, 3.8) is 0 Å². The summed E-state index contributed by atoms with van der Waals surface area (Å²) in [6.07, 6.45) is 0.412. The van der Waals surface area contributed by atoms with Crippen molar-refractivity contribution in [1.82, 2.24) is 5.32 Å². The molecule has 7 nitrogen and oxygen atoms in total. The second-order valence-corrected chi connectivity index (χ2v) is 7.57. The van der Waals surface area contributed by atoms with Crippen LogP contribution in [0.15, 0.2) is 78.9 Å². The van der Waals surface area contributed by atoms with Crippen molar-refractivity contribution in [2.75, 3.05) is 22.5 Å². The van der Waals surface area contributed by atoms with Gasteiger partial charge in [-0.2, -0.15) is 0 Å². The van der Waals surface area contributed by atoms with E-state index >= 15 is 0 Å². The molecule has 0 heterocycles. The molecule has 3 aromatic rings. The van der Waals surface area contributed by atoms with Gasteiger partial charge in [0, 0.05) is 29.0 Å². The minimum absolute atomic E-state index is 0.0551. The number of amides is 3. The van der Waals surface area contributed by atoms with Crippen LogP contribution in [0.25, 0.3) is 0 Å². The Labute approximate surface area is 193 Å². The lowest BCUT2D eigenvalue weighted by atomic mass is 10.1. The number of hydrogen-bond acceptors (Lipinski definition) is 4. The van der Waals surface area contributed by atoms with Gasteiger partial charge >= 0.3 is 0 Å². The molecule has 1 unspecified atom stereocenters. The first-order valence-electron chi connectivity index (χ1n) is 10.8. The third kappa shape index (κ3) is 7.21. The third-order valence-corrected chi connectivity index (χ3v) is 5.00. The molecule has 0 fully saturated rings. The largest absolute Gasteiger partial charge is 0.376 e. The van der Waals surface area contributed by atoms with Crippen molar-refractivity contribution in [2.45, 2.75) is 26.3 Å². The second-order valence-electron chi connectivity index (χ2n) is 7.57. The topological polar surface area (TPSA) is 99.3 Å². The first kappa shape index (κ1) is 23.5. The number of benzene rings is 3. The maximum atomic E-state index is 12.6. The number of carbonyl (C=O) groups excluding carboxylic acids is 3. The van der Waals surface area contributed by atoms with Crippen LogP contribution in [-0.4, -0.2) is 24.3 Å². The van der Waals surface area contributed by atoms with Gasteiger partial charge in [0.15, 0.2) is 0 Å². The molecule has 33 heavy (non-hydrogen) atoms. The number of anilines is 3. The first-order valence-corrected chi connectivity index (χ1v) is 10.8. The predicted molar refractivity (Wildman–Crippen MR) is 131 cm³/mol. The highest BCUT2D eigenvalue weighted by Gasteiger charge is 2.12. The molecule has 3 aromatic carbocycles. The van der Waals surface area contributed by atoms with E-state index in [4.69, 9.17) is 0 Å². The smallest absolute Gasteiger partial charge is 0.251 e. The summed E-state index contributed by atoms with van der Waals surface area (Å²) in [6.45, 7) is 3.77. The molecule has 0 saturated carbocycles. The molecule has 7 heteroatoms. The fourth-order valence-corrected chi connectivity index (χ4v) is 3.15. The average molecular weight is 445 g/mol. The minimum Gasteiger partial charge on any atom is -0.376 e. The highest BCUT2D eigenvalue weighted by molar-refractivity contribution is 5.98. The number of carbonyl (C=O) groups is 3. The summed E-state index contributed by atoms with van der Waals surface area (Å²) in [6, 6.07) is 23.5. The van der Waals surface area contributed by atoms with Crippen LogP contribution in [0.4, 0.5) is 17.1 Å². The van der Waals surface area contributed by atoms with Crippen molar-refractivity contribution in [3.05, 3.63) is 90.0 Å². The van der Waals surface area contributed by atoms with E-state index in [-0.39, 0.29) is 30.3 Å². The molecule has 0 saturated heterocycles. The van der Waals surface area contributed by atoms with Gasteiger partial charge in [-0.15, -0.1) is 0 Å². The van der Waals surface area contributed by atoms with Crippen LogP contribution in [0.3, 0.4) is 0 Å². The van der Waals surface area contributed by atoms with Gasteiger partial charge in [-0.1, -0.05) is 43.3 Å². The van der Waals surface area contributed by atoms with Crippen molar-refractivity contribution < 1.29 is 14.4 Å². The summed E-state index contributed by atoms with van der Waals surface area (Å²) >= 11 is 0. The summed E-state index contributed by atoms with van der Waals surface area (Å²) in [4.78, 5) is 36.4. The van der Waals surface area contributed by atoms with Crippen LogP contribution in [0, 0.1) is 0 Å². The summed E-state index contributed by atoms with van der Waals surface area (Å²) in [5.41, 5.74) is 3.48. The molecule has 1 atom stereocenters. The lowest BCUT2D eigenvalue weighted by molar-refractivity contribution is -0.116. The molecule has 0 bridgehead atoms. The fraction of sp³-hybridized carbons (Fsp3) is 0.192. The van der Waals surface area contributed by atoms with E-state index in [1.165, 1.54) is 0 Å². The van der Waals surface area contributed by atoms with Gasteiger partial charge in [-0.25, -0.2) is 0 Å². The van der Waals surface area contributed by atoms with Crippen LogP contribution in [0.2, 0.25) is 0 Å². The summed E-state index contributed by atoms with van der Waals surface area (Å²) in [5.74, 6) is -0.509. The van der Waals surface area contributed by atoms with Crippen LogP contribution in [0.1, 0.15) is 42.2 Å². The van der Waals surface area contributed by atoms with Crippen molar-refractivity contribution in [1.29, 1.82) is 0 Å². The van der Waals surface area contributed by atoms with E-state index < -0.39 is 0 Å². The molecule has 3 amide bonds. The molecule has 0 aliphatic carbocycles. The van der Waals surface area contributed by atoms with Gasteiger partial charge in [0.2, 0.25) is 11.8 Å². The van der Waals surface area contributed by atoms with Gasteiger partial charge in [-0.05, 0) is 55.0 Å². The monoisotopic (exact) mass is 444 g/mol. The zero-order valence-electron chi connectivity index (χ0n) is 18.7. The van der Waals surface area contributed by atoms with Gasteiger partial charge in [0.1, 0.15) is 0 Å². The van der Waals surface area contributed by atoms with Crippen LogP contribution < -0.4 is 21.3 Å². The molecule has 3 rings (SSSR count). The molecule has 0 spiro atoms. The van der Waals surface area contributed by atoms with E-state index in [0.29, 0.717) is 23.4 Å². The highest BCUT2D eigenvalue weighted by Crippen LogP contribution is 2.16. The summed E-state index contributed by atoms with van der Waals surface area (Å²) < 4.78 is 0. The zero-order chi connectivity index (χ0) is 23.6. The van der Waals surface area contributed by atoms with E-state index in [1.807, 2.05) is 37.3 Å². The van der Waals surface area contributed by atoms with Crippen LogP contribution in [-0.2, 0) is 9.59 Å². The number of rotatable bonds is 9. The fourth-order valence-electron chi connectivity index (χ4n) is 3.15. The Hall–Kier alpha value is -4.13. The summed E-state index contributed by atoms with van der Waals surface area (Å²) in [7, 11) is 0. The quantitative estimate of drug-likeness (QED) is 0.388. The molecular weight excluding hydrogens is 416 g/mol. The van der Waals surface area contributed by atoms with Gasteiger partial charge in [0.25, 0.3) is 5.91 Å². The van der Waals surface area contributed by atoms with Crippen molar-refractivity contribution in [3.8, 4) is 0 Å². The lowest BCUT2D eigenvalue weighted by Gasteiger charge is -2.15. The Kier molecular flexibility index (Phi) is 8.18. The lowest BCUT2D eigenvalue weighted by Crippen LogP contribution is -2.27. The third-order valence-electron chi connectivity index (χ3n) is 5.00. The molecule has 0 radical (unpaired) electrons. The van der Waals surface area contributed by atoms with E-state index in [9.17, 15) is 14.4 Å². The molecule has 0 aliphatic rings. The Morgan fingerprint density at radius 2 is 1.42 bits per heavy atom. The van der Waals surface area contributed by atoms with Crippen molar-refractivity contribution in [2.24, 2.45) is 0 Å². The molecular formula is C26H28N4O3. The van der Waals surface area contributed by atoms with Crippen molar-refractivity contribution >= 4 is 34.8 Å². The maximum absolute atomic E-state index is 12.6. The van der Waals surface area contributed by atoms with Gasteiger partial charge in [0.05, 0.1) is 12.6 Å². The van der Waals surface area contributed by atoms with Crippen LogP contribution >= 0.6 is 0 Å². The minimum atomic E-state index is -0.242. The SMILES string of the molecule is CCC(=O)Nc1ccc(NCC(=O)Nc2cccc(C(=O)NC(C)c3ccccc3)c2)cc1. The summed E-state index contributed by atoms with van der Waals surface area (Å²) in [5, 5.41) is 11.6. The van der Waals surface area contributed by atoms with E-state index in [2.05, 4.69) is 21.3 Å². The van der Waals surface area contributed by atoms with Crippen LogP contribution in [0.5, 0.6) is 0 Å². The second kappa shape index (κ2) is 11.5. The Morgan fingerprint density at radius 1 is 0.758 bits per heavy atom. The van der Waals surface area contributed by atoms with Gasteiger partial charge < -0.3 is 21.3 Å². The Bertz CT molecular complexity index is 1100. The van der Waals surface area contributed by atoms with Gasteiger partial charge in [-0.3, -0.25) is 14.4 Å². The standard InChI is InChI=1S/C26H28N4O3/c1-3-24(31)29-22-14-12-21(13-15-22)27-17-25(32)30-23-11-7-10-20(16-23)26(33)28-18(2)19-8-5-4-6-9-19/h4-16,18,27H,3,17H2,1-2H3,(H,28,33)(H,29,31)(H,30,32). The van der Waals surface area contributed by atoms with E-state index in [0.717, 1.165) is 11.3 Å². The molecule has 170 valence electrons. The number of nitrogens with one attached hydrogen (secondary N) is 4. The molecule has 0 aliphatic heterocycles. The normalized spacial score (nSPS) is 11.2. The predicted octanol–water partition coefficient (Wildman–Crippen LogP) is 4.58. The molecule has 4 N–H and O–H groups in total. The zero-order valence-corrected chi connectivity index (χ0v) is 18.7. The number of hydrogen-bond donors (Lipinski definition) is 4. The first-order chi connectivity index (χ1) is 15.9. The maximum Gasteiger partial charge on any atom is 0.251 e. The molecule has 0 aromatic heterocycles.